The normalized spacial score (nSPS) is 29.2. The number of fused-ring (bicyclic) bond motifs is 4. The van der Waals surface area contributed by atoms with Gasteiger partial charge in [-0.15, -0.1) is 0 Å². The molecular formula is C33H47N5O7. The monoisotopic (exact) mass is 625 g/mol. The number of guanidine groups is 1. The van der Waals surface area contributed by atoms with Gasteiger partial charge in [-0.1, -0.05) is 38.2 Å². The number of primary amides is 1. The predicted octanol–water partition coefficient (Wildman–Crippen LogP) is 3.02. The molecule has 45 heavy (non-hydrogen) atoms. The molecule has 0 fully saturated rings. The molecule has 3 rings (SSSR count). The first-order chi connectivity index (χ1) is 21.3. The van der Waals surface area contributed by atoms with E-state index in [1.807, 2.05) is 32.6 Å². The van der Waals surface area contributed by atoms with Crippen LogP contribution in [0.2, 0.25) is 0 Å². The molecule has 0 aromatic heterocycles. The number of amides is 2. The number of methoxy groups -OCH3 is 2. The van der Waals surface area contributed by atoms with Crippen LogP contribution in [0.5, 0.6) is 5.75 Å². The molecule has 0 spiro atoms. The Morgan fingerprint density at radius 3 is 2.40 bits per heavy atom. The number of carbonyl (C=O) groups is 2. The van der Waals surface area contributed by atoms with Gasteiger partial charge in [-0.2, -0.15) is 0 Å². The Balaban J connectivity index is 2.21. The third-order valence-corrected chi connectivity index (χ3v) is 8.21. The van der Waals surface area contributed by atoms with E-state index in [0.29, 0.717) is 59.6 Å². The number of aliphatic imine (C=N–C) groups is 1. The highest BCUT2D eigenvalue weighted by atomic mass is 16.6. The number of phenols is 1. The van der Waals surface area contributed by atoms with Gasteiger partial charge < -0.3 is 35.1 Å². The fourth-order valence-electron chi connectivity index (χ4n) is 5.63. The Kier molecular flexibility index (Phi) is 12.6. The van der Waals surface area contributed by atoms with Crippen molar-refractivity contribution in [2.45, 2.75) is 78.8 Å². The molecule has 12 nitrogen and oxygen atoms in total. The molecule has 2 aliphatic rings. The summed E-state index contributed by atoms with van der Waals surface area (Å²) in [4.78, 5) is 40.7. The number of phenolic OH excluding ortho intramolecular Hbond substituents is 1. The number of aliphatic hydroxyl groups excluding tert-OH is 1. The SMILES string of the molecule is CCN(CC)C1=Nc2cc3c(O)c(c2=N1)C[C@@H](C)C[C@H](OC)[C@H](O)[C@@H](C)/C=C(\C)[C@H](OC(N)=O)[C@@H](OC)/C=C\C=C(/C)C(=O)N=3. The molecule has 0 saturated carbocycles. The minimum Gasteiger partial charge on any atom is -0.505 e. The summed E-state index contributed by atoms with van der Waals surface area (Å²) in [6, 6.07) is 1.58. The number of nitrogens with two attached hydrogens (primary N) is 1. The van der Waals surface area contributed by atoms with Crippen molar-refractivity contribution in [1.82, 2.24) is 4.90 Å². The predicted molar refractivity (Wildman–Crippen MR) is 171 cm³/mol. The molecule has 1 aromatic carbocycles. The van der Waals surface area contributed by atoms with E-state index in [9.17, 15) is 19.8 Å². The second-order valence-electron chi connectivity index (χ2n) is 11.6. The lowest BCUT2D eigenvalue weighted by Crippen LogP contribution is -2.37. The molecule has 2 aliphatic heterocycles. The number of rotatable bonds is 5. The number of hydrogen-bond donors (Lipinski definition) is 3. The van der Waals surface area contributed by atoms with Crippen LogP contribution < -0.4 is 16.4 Å². The lowest BCUT2D eigenvalue weighted by atomic mass is 9.88. The van der Waals surface area contributed by atoms with Gasteiger partial charge in [-0.3, -0.25) is 4.79 Å². The topological polar surface area (TPSA) is 169 Å². The molecule has 6 atom stereocenters. The lowest BCUT2D eigenvalue weighted by molar-refractivity contribution is -0.114. The molecule has 4 N–H and O–H groups in total. The van der Waals surface area contributed by atoms with Crippen molar-refractivity contribution in [3.8, 4) is 5.75 Å². The average Bonchev–Trinajstić information content (AvgIpc) is 3.42. The number of ether oxygens (including phenoxy) is 3. The summed E-state index contributed by atoms with van der Waals surface area (Å²) in [7, 11) is 3.00. The van der Waals surface area contributed by atoms with Gasteiger partial charge in [0.2, 0.25) is 5.96 Å². The third kappa shape index (κ3) is 8.65. The third-order valence-electron chi connectivity index (χ3n) is 8.21. The van der Waals surface area contributed by atoms with Crippen LogP contribution in [-0.4, -0.2) is 84.8 Å². The summed E-state index contributed by atoms with van der Waals surface area (Å²) in [5, 5.41) is 23.4. The van der Waals surface area contributed by atoms with E-state index >= 15 is 0 Å². The quantitative estimate of drug-likeness (QED) is 0.420. The van der Waals surface area contributed by atoms with E-state index in [1.54, 1.807) is 51.3 Å². The van der Waals surface area contributed by atoms with E-state index in [0.717, 1.165) is 0 Å². The summed E-state index contributed by atoms with van der Waals surface area (Å²) in [5.41, 5.74) is 7.34. The molecule has 246 valence electrons. The van der Waals surface area contributed by atoms with E-state index in [4.69, 9.17) is 29.9 Å². The lowest BCUT2D eigenvalue weighted by Gasteiger charge is -2.29. The molecule has 2 bridgehead atoms. The zero-order valence-corrected chi connectivity index (χ0v) is 27.5. The second-order valence-corrected chi connectivity index (χ2v) is 11.6. The molecule has 0 aliphatic carbocycles. The Bertz CT molecular complexity index is 1500. The fourth-order valence-corrected chi connectivity index (χ4v) is 5.63. The van der Waals surface area contributed by atoms with Crippen molar-refractivity contribution >= 4 is 23.6 Å². The Morgan fingerprint density at radius 1 is 1.11 bits per heavy atom. The van der Waals surface area contributed by atoms with Gasteiger partial charge in [-0.25, -0.2) is 19.8 Å². The number of hydrogen-bond acceptors (Lipinski definition) is 10. The minimum atomic E-state index is -0.979. The van der Waals surface area contributed by atoms with Crippen LogP contribution in [0.3, 0.4) is 0 Å². The van der Waals surface area contributed by atoms with Gasteiger partial charge in [0, 0.05) is 44.4 Å². The van der Waals surface area contributed by atoms with Crippen LogP contribution >= 0.6 is 0 Å². The summed E-state index contributed by atoms with van der Waals surface area (Å²) in [6.07, 6.45) is 3.32. The van der Waals surface area contributed by atoms with Crippen molar-refractivity contribution in [3.63, 3.8) is 0 Å². The van der Waals surface area contributed by atoms with Crippen molar-refractivity contribution in [2.24, 2.45) is 32.5 Å². The van der Waals surface area contributed by atoms with E-state index in [2.05, 4.69) is 4.99 Å². The van der Waals surface area contributed by atoms with E-state index in [1.165, 1.54) is 7.11 Å². The van der Waals surface area contributed by atoms with Gasteiger partial charge in [0.1, 0.15) is 17.2 Å². The van der Waals surface area contributed by atoms with Crippen LogP contribution in [0, 0.1) is 11.8 Å². The van der Waals surface area contributed by atoms with Crippen LogP contribution in [0.25, 0.3) is 0 Å². The van der Waals surface area contributed by atoms with Gasteiger partial charge in [0.15, 0.2) is 6.10 Å². The van der Waals surface area contributed by atoms with Crippen molar-refractivity contribution in [3.05, 3.63) is 57.8 Å². The van der Waals surface area contributed by atoms with Crippen molar-refractivity contribution in [2.75, 3.05) is 27.3 Å². The Labute approximate surface area is 264 Å². The standard InChI is InChI=1S/C33H47N5O7/c1-9-38(10-2)33-36-23-17-24-29(40)22(27(23)37-33)14-18(3)15-26(44-8)28(39)20(5)16-21(6)30(45-32(34)42)25(43-7)13-11-12-19(4)31(41)35-24/h11-13,16-18,20,25-26,28,30,39-40H,9-10,14-15H2,1-8H3,(H2,34,42)/b13-11-,19-12+,21-16+,35-24?/t18-,20+,25+,26+,28-,30+/m1/s1. The number of allylic oxidation sites excluding steroid dienone is 2. The number of nitrogens with zero attached hydrogens (tertiary/aromatic N) is 4. The highest BCUT2D eigenvalue weighted by molar-refractivity contribution is 5.94. The summed E-state index contributed by atoms with van der Waals surface area (Å²) in [6.45, 7) is 12.7. The van der Waals surface area contributed by atoms with Crippen LogP contribution in [0.15, 0.2) is 56.5 Å². The molecule has 12 heteroatoms. The first-order valence-corrected chi connectivity index (χ1v) is 15.3. The van der Waals surface area contributed by atoms with Crippen LogP contribution in [0.1, 0.15) is 53.5 Å². The minimum absolute atomic E-state index is 0.0905. The maximum absolute atomic E-state index is 13.2. The first-order valence-electron chi connectivity index (χ1n) is 15.3. The van der Waals surface area contributed by atoms with E-state index in [-0.39, 0.29) is 17.0 Å². The summed E-state index contributed by atoms with van der Waals surface area (Å²) >= 11 is 0. The molecule has 2 amide bonds. The molecular weight excluding hydrogens is 578 g/mol. The van der Waals surface area contributed by atoms with Crippen molar-refractivity contribution < 1.29 is 34.0 Å². The molecule has 0 radical (unpaired) electrons. The highest BCUT2D eigenvalue weighted by Crippen LogP contribution is 2.26. The molecule has 0 saturated heterocycles. The highest BCUT2D eigenvalue weighted by Gasteiger charge is 2.30. The molecule has 1 aromatic rings. The second kappa shape index (κ2) is 15.9. The van der Waals surface area contributed by atoms with Gasteiger partial charge >= 0.3 is 6.09 Å². The summed E-state index contributed by atoms with van der Waals surface area (Å²) in [5.74, 6) is -0.644. The van der Waals surface area contributed by atoms with Gasteiger partial charge in [0.25, 0.3) is 5.91 Å². The van der Waals surface area contributed by atoms with Crippen molar-refractivity contribution in [1.29, 1.82) is 0 Å². The number of benzene rings is 1. The maximum atomic E-state index is 13.2. The Hall–Kier alpha value is -3.87. The van der Waals surface area contributed by atoms with Gasteiger partial charge in [-0.05, 0) is 58.1 Å². The number of aromatic hydroxyl groups is 1. The van der Waals surface area contributed by atoms with Crippen LogP contribution in [0.4, 0.5) is 10.5 Å². The number of aliphatic hydroxyl groups is 1. The molecule has 0 unspecified atom stereocenters. The largest absolute Gasteiger partial charge is 0.505 e. The fraction of sp³-hybridized carbons (Fsp3) is 0.545. The summed E-state index contributed by atoms with van der Waals surface area (Å²) < 4.78 is 16.8. The number of carbonyl (C=O) groups excluding carboxylic acids is 2. The molecule has 2 heterocycles. The van der Waals surface area contributed by atoms with Crippen LogP contribution in [-0.2, 0) is 25.4 Å². The van der Waals surface area contributed by atoms with Gasteiger partial charge in [0.05, 0.1) is 23.3 Å². The average molecular weight is 626 g/mol. The maximum Gasteiger partial charge on any atom is 0.405 e. The zero-order valence-electron chi connectivity index (χ0n) is 27.5. The van der Waals surface area contributed by atoms with E-state index < -0.39 is 42.3 Å². The smallest absolute Gasteiger partial charge is 0.405 e. The zero-order chi connectivity index (χ0) is 33.4. The Morgan fingerprint density at radius 2 is 1.80 bits per heavy atom. The first kappa shape index (κ1) is 35.6.